The van der Waals surface area contributed by atoms with Gasteiger partial charge in [-0.2, -0.15) is 0 Å². The van der Waals surface area contributed by atoms with E-state index in [1.807, 2.05) is 13.8 Å². The van der Waals surface area contributed by atoms with Gasteiger partial charge in [-0.1, -0.05) is 6.42 Å². The second-order valence-corrected chi connectivity index (χ2v) is 6.77. The molecule has 1 aliphatic rings. The molecule has 0 aliphatic heterocycles. The van der Waals surface area contributed by atoms with Gasteiger partial charge in [0.25, 0.3) is 5.91 Å². The highest BCUT2D eigenvalue weighted by Gasteiger charge is 2.34. The molecular weight excluding hydrogens is 334 g/mol. The van der Waals surface area contributed by atoms with E-state index in [9.17, 15) is 9.59 Å². The van der Waals surface area contributed by atoms with Crippen molar-refractivity contribution >= 4 is 11.8 Å². The summed E-state index contributed by atoms with van der Waals surface area (Å²) in [7, 11) is 1.53. The summed E-state index contributed by atoms with van der Waals surface area (Å²) >= 11 is 0. The lowest BCUT2D eigenvalue weighted by Crippen LogP contribution is -2.44. The van der Waals surface area contributed by atoms with Crippen molar-refractivity contribution < 1.29 is 19.1 Å². The average molecular weight is 363 g/mol. The molecule has 1 aliphatic carbocycles. The van der Waals surface area contributed by atoms with Gasteiger partial charge in [0.05, 0.1) is 24.7 Å². The van der Waals surface area contributed by atoms with Crippen molar-refractivity contribution in [3.8, 4) is 5.88 Å². The monoisotopic (exact) mass is 363 g/mol. The van der Waals surface area contributed by atoms with Crippen molar-refractivity contribution in [3.63, 3.8) is 0 Å². The number of carbonyl (C=O) groups excluding carboxylic acids is 2. The van der Waals surface area contributed by atoms with Gasteiger partial charge in [-0.25, -0.2) is 4.98 Å². The van der Waals surface area contributed by atoms with Crippen LogP contribution < -0.4 is 15.4 Å². The van der Waals surface area contributed by atoms with Crippen molar-refractivity contribution in [1.29, 1.82) is 0 Å². The fraction of sp³-hybridized carbons (Fsp3) is 0.632. The lowest BCUT2D eigenvalue weighted by molar-refractivity contribution is -0.125. The fourth-order valence-corrected chi connectivity index (χ4v) is 3.07. The number of carbonyl (C=O) groups is 2. The molecule has 0 bridgehead atoms. The molecule has 144 valence electrons. The number of amides is 2. The van der Waals surface area contributed by atoms with Crippen LogP contribution in [-0.2, 0) is 9.53 Å². The maximum Gasteiger partial charge on any atom is 0.253 e. The Bertz CT molecular complexity index is 589. The lowest BCUT2D eigenvalue weighted by atomic mass is 10.0. The highest BCUT2D eigenvalue weighted by Crippen LogP contribution is 2.26. The van der Waals surface area contributed by atoms with Gasteiger partial charge in [0, 0.05) is 31.5 Å². The molecule has 1 fully saturated rings. The summed E-state index contributed by atoms with van der Waals surface area (Å²) in [6.45, 7) is 5.20. The van der Waals surface area contributed by atoms with Crippen LogP contribution in [0.3, 0.4) is 0 Å². The summed E-state index contributed by atoms with van der Waals surface area (Å²) in [5.74, 6) is 0.0673. The van der Waals surface area contributed by atoms with Crippen molar-refractivity contribution in [1.82, 2.24) is 15.6 Å². The van der Waals surface area contributed by atoms with Crippen molar-refractivity contribution in [2.45, 2.75) is 51.7 Å². The molecule has 0 aromatic carbocycles. The maximum absolute atomic E-state index is 12.4. The molecule has 1 saturated carbocycles. The van der Waals surface area contributed by atoms with Crippen LogP contribution in [0.5, 0.6) is 5.88 Å². The molecule has 0 saturated heterocycles. The first kappa shape index (κ1) is 20.2. The first-order valence-corrected chi connectivity index (χ1v) is 9.21. The Morgan fingerprint density at radius 2 is 2.12 bits per heavy atom. The van der Waals surface area contributed by atoms with Gasteiger partial charge < -0.3 is 20.1 Å². The number of ether oxygens (including phenoxy) is 2. The standard InChI is InChI=1S/C19H29N3O4/c1-13(2)26-11-5-10-20-19(24)15-6-4-7-16(15)22-18(23)14-8-9-17(25-3)21-12-14/h8-9,12-13,15-16H,4-7,10-11H2,1-3H3,(H,20,24)(H,22,23)/t15-,16+/m0/s1. The van der Waals surface area contributed by atoms with Crippen LogP contribution in [-0.4, -0.2) is 49.2 Å². The summed E-state index contributed by atoms with van der Waals surface area (Å²) < 4.78 is 10.5. The largest absolute Gasteiger partial charge is 0.481 e. The summed E-state index contributed by atoms with van der Waals surface area (Å²) in [6.07, 6.45) is 5.00. The predicted octanol–water partition coefficient (Wildman–Crippen LogP) is 1.92. The Labute approximate surface area is 154 Å². The number of aromatic nitrogens is 1. The Kier molecular flexibility index (Phi) is 7.84. The lowest BCUT2D eigenvalue weighted by Gasteiger charge is -2.20. The first-order valence-electron chi connectivity index (χ1n) is 9.21. The van der Waals surface area contributed by atoms with E-state index in [-0.39, 0.29) is 29.9 Å². The molecule has 1 aromatic heterocycles. The topological polar surface area (TPSA) is 89.5 Å². The molecule has 1 heterocycles. The minimum atomic E-state index is -0.213. The molecule has 7 heteroatoms. The van der Waals surface area contributed by atoms with E-state index in [0.29, 0.717) is 24.6 Å². The molecule has 0 radical (unpaired) electrons. The number of methoxy groups -OCH3 is 1. The van der Waals surface area contributed by atoms with Crippen LogP contribution in [0, 0.1) is 5.92 Å². The summed E-state index contributed by atoms with van der Waals surface area (Å²) in [5.41, 5.74) is 0.461. The van der Waals surface area contributed by atoms with Gasteiger partial charge >= 0.3 is 0 Å². The van der Waals surface area contributed by atoms with E-state index in [1.54, 1.807) is 12.1 Å². The van der Waals surface area contributed by atoms with E-state index < -0.39 is 0 Å². The third-order valence-corrected chi connectivity index (χ3v) is 4.45. The highest BCUT2D eigenvalue weighted by atomic mass is 16.5. The Morgan fingerprint density at radius 3 is 2.77 bits per heavy atom. The second-order valence-electron chi connectivity index (χ2n) is 6.77. The van der Waals surface area contributed by atoms with E-state index in [2.05, 4.69) is 15.6 Å². The second kappa shape index (κ2) is 10.1. The molecule has 0 unspecified atom stereocenters. The SMILES string of the molecule is COc1ccc(C(=O)N[C@@H]2CCC[C@@H]2C(=O)NCCCOC(C)C)cn1. The Morgan fingerprint density at radius 1 is 1.31 bits per heavy atom. The predicted molar refractivity (Wildman–Crippen MR) is 98.1 cm³/mol. The minimum Gasteiger partial charge on any atom is -0.481 e. The van der Waals surface area contributed by atoms with Crippen LogP contribution in [0.1, 0.15) is 49.9 Å². The molecule has 2 amide bonds. The molecule has 7 nitrogen and oxygen atoms in total. The van der Waals surface area contributed by atoms with Crippen LogP contribution in [0.4, 0.5) is 0 Å². The smallest absolute Gasteiger partial charge is 0.253 e. The summed E-state index contributed by atoms with van der Waals surface area (Å²) in [5, 5.41) is 5.93. The maximum atomic E-state index is 12.4. The quantitative estimate of drug-likeness (QED) is 0.654. The summed E-state index contributed by atoms with van der Waals surface area (Å²) in [6, 6.07) is 3.17. The Hall–Kier alpha value is -2.15. The molecular formula is C19H29N3O4. The zero-order chi connectivity index (χ0) is 18.9. The molecule has 2 N–H and O–H groups in total. The van der Waals surface area contributed by atoms with E-state index in [4.69, 9.17) is 9.47 Å². The van der Waals surface area contributed by atoms with Crippen molar-refractivity contribution in [2.24, 2.45) is 5.92 Å². The highest BCUT2D eigenvalue weighted by molar-refractivity contribution is 5.94. The van der Waals surface area contributed by atoms with E-state index in [1.165, 1.54) is 13.3 Å². The molecule has 26 heavy (non-hydrogen) atoms. The number of hydrogen-bond donors (Lipinski definition) is 2. The van der Waals surface area contributed by atoms with Gasteiger partial charge in [0.15, 0.2) is 0 Å². The zero-order valence-electron chi connectivity index (χ0n) is 15.8. The number of rotatable bonds is 9. The van der Waals surface area contributed by atoms with Gasteiger partial charge in [-0.3, -0.25) is 9.59 Å². The van der Waals surface area contributed by atoms with Crippen molar-refractivity contribution in [3.05, 3.63) is 23.9 Å². The number of pyridine rings is 1. The summed E-state index contributed by atoms with van der Waals surface area (Å²) in [4.78, 5) is 28.9. The molecule has 1 aromatic rings. The van der Waals surface area contributed by atoms with Crippen LogP contribution in [0.15, 0.2) is 18.3 Å². The van der Waals surface area contributed by atoms with Crippen LogP contribution in [0.2, 0.25) is 0 Å². The zero-order valence-corrected chi connectivity index (χ0v) is 15.8. The van der Waals surface area contributed by atoms with E-state index in [0.717, 1.165) is 25.7 Å². The van der Waals surface area contributed by atoms with Gasteiger partial charge in [0.1, 0.15) is 0 Å². The van der Waals surface area contributed by atoms with Gasteiger partial charge in [-0.05, 0) is 39.2 Å². The number of nitrogens with one attached hydrogen (secondary N) is 2. The fourth-order valence-electron chi connectivity index (χ4n) is 3.07. The van der Waals surface area contributed by atoms with Crippen LogP contribution in [0.25, 0.3) is 0 Å². The van der Waals surface area contributed by atoms with Gasteiger partial charge in [0.2, 0.25) is 11.8 Å². The molecule has 0 spiro atoms. The average Bonchev–Trinajstić information content (AvgIpc) is 3.09. The van der Waals surface area contributed by atoms with Gasteiger partial charge in [-0.15, -0.1) is 0 Å². The van der Waals surface area contributed by atoms with E-state index >= 15 is 0 Å². The molecule has 2 atom stereocenters. The number of hydrogen-bond acceptors (Lipinski definition) is 5. The molecule has 2 rings (SSSR count). The normalized spacial score (nSPS) is 19.4. The first-order chi connectivity index (χ1) is 12.5. The minimum absolute atomic E-state index is 0.00482. The third-order valence-electron chi connectivity index (χ3n) is 4.45. The third kappa shape index (κ3) is 5.98. The Balaban J connectivity index is 1.80. The number of nitrogens with zero attached hydrogens (tertiary/aromatic N) is 1. The van der Waals surface area contributed by atoms with Crippen LogP contribution >= 0.6 is 0 Å². The van der Waals surface area contributed by atoms with Crippen molar-refractivity contribution in [2.75, 3.05) is 20.3 Å².